The first-order chi connectivity index (χ1) is 19.9. The topological polar surface area (TPSA) is 37.4 Å². The first-order valence-electron chi connectivity index (χ1n) is 13.3. The van der Waals surface area contributed by atoms with Crippen LogP contribution in [0.3, 0.4) is 0 Å². The van der Waals surface area contributed by atoms with E-state index in [1.54, 1.807) is 30.3 Å². The highest BCUT2D eigenvalue weighted by molar-refractivity contribution is 7.91. The molecule has 200 valence electrons. The van der Waals surface area contributed by atoms with E-state index in [-0.39, 0.29) is 10.6 Å². The van der Waals surface area contributed by atoms with E-state index < -0.39 is 9.84 Å². The van der Waals surface area contributed by atoms with Gasteiger partial charge in [-0.15, -0.1) is 0 Å². The van der Waals surface area contributed by atoms with Crippen LogP contribution < -0.4 is 4.90 Å². The molecule has 41 heavy (non-hydrogen) atoms. The third-order valence-corrected chi connectivity index (χ3v) is 7.99. The van der Waals surface area contributed by atoms with Crippen LogP contribution in [-0.4, -0.2) is 14.2 Å². The maximum absolute atomic E-state index is 12.4. The molecule has 0 fully saturated rings. The van der Waals surface area contributed by atoms with Gasteiger partial charge in [0, 0.05) is 33.8 Å². The molecular formula is C37H29NO2S. The lowest BCUT2D eigenvalue weighted by molar-refractivity contribution is 0.599. The van der Waals surface area contributed by atoms with E-state index in [4.69, 9.17) is 0 Å². The fourth-order valence-corrected chi connectivity index (χ4v) is 5.40. The molecule has 0 N–H and O–H groups in total. The van der Waals surface area contributed by atoms with Gasteiger partial charge in [0.15, 0.2) is 9.84 Å². The van der Waals surface area contributed by atoms with Crippen molar-refractivity contribution < 1.29 is 8.42 Å². The predicted molar refractivity (Wildman–Crippen MR) is 168 cm³/mol. The van der Waals surface area contributed by atoms with E-state index in [1.807, 2.05) is 36.4 Å². The van der Waals surface area contributed by atoms with Gasteiger partial charge in [0.25, 0.3) is 0 Å². The SMILES string of the molecule is Cc1cccc(N(c2ccc(C#Cc3ccc(C#CCS(=O)(=O)c4ccccc4)cc3)cc2)c2cccc(C)c2)c1. The van der Waals surface area contributed by atoms with Gasteiger partial charge in [-0.2, -0.15) is 0 Å². The van der Waals surface area contributed by atoms with Gasteiger partial charge in [-0.3, -0.25) is 0 Å². The number of benzene rings is 5. The average Bonchev–Trinajstić information content (AvgIpc) is 2.98. The summed E-state index contributed by atoms with van der Waals surface area (Å²) in [7, 11) is -3.42. The van der Waals surface area contributed by atoms with Crippen molar-refractivity contribution in [3.8, 4) is 23.7 Å². The van der Waals surface area contributed by atoms with Crippen LogP contribution in [0.15, 0.2) is 132 Å². The van der Waals surface area contributed by atoms with E-state index in [9.17, 15) is 8.42 Å². The number of anilines is 3. The van der Waals surface area contributed by atoms with E-state index in [0.29, 0.717) is 0 Å². The summed E-state index contributed by atoms with van der Waals surface area (Å²) in [6, 6.07) is 41.1. The Balaban J connectivity index is 1.30. The van der Waals surface area contributed by atoms with Gasteiger partial charge in [-0.1, -0.05) is 66.1 Å². The smallest absolute Gasteiger partial charge is 0.189 e. The minimum Gasteiger partial charge on any atom is -0.310 e. The van der Waals surface area contributed by atoms with Crippen LogP contribution in [0.25, 0.3) is 0 Å². The van der Waals surface area contributed by atoms with Gasteiger partial charge in [0.1, 0.15) is 5.75 Å². The molecule has 0 aliphatic heterocycles. The van der Waals surface area contributed by atoms with E-state index in [1.165, 1.54) is 11.1 Å². The second kappa shape index (κ2) is 12.4. The second-order valence-corrected chi connectivity index (χ2v) is 11.8. The summed E-state index contributed by atoms with van der Waals surface area (Å²) in [5.41, 5.74) is 8.20. The molecule has 0 bridgehead atoms. The van der Waals surface area contributed by atoms with Gasteiger partial charge in [0.05, 0.1) is 4.90 Å². The Morgan fingerprint density at radius 1 is 0.537 bits per heavy atom. The monoisotopic (exact) mass is 551 g/mol. The lowest BCUT2D eigenvalue weighted by Gasteiger charge is -2.26. The third kappa shape index (κ3) is 7.14. The number of aryl methyl sites for hydroxylation is 2. The highest BCUT2D eigenvalue weighted by atomic mass is 32.2. The normalized spacial score (nSPS) is 10.6. The predicted octanol–water partition coefficient (Wildman–Crippen LogP) is 8.00. The van der Waals surface area contributed by atoms with Crippen molar-refractivity contribution in [3.63, 3.8) is 0 Å². The molecule has 0 aliphatic carbocycles. The average molecular weight is 552 g/mol. The molecule has 3 nitrogen and oxygen atoms in total. The molecule has 0 aromatic heterocycles. The van der Waals surface area contributed by atoms with Crippen molar-refractivity contribution in [1.82, 2.24) is 0 Å². The van der Waals surface area contributed by atoms with Crippen LogP contribution in [0.2, 0.25) is 0 Å². The minimum absolute atomic E-state index is 0.222. The second-order valence-electron chi connectivity index (χ2n) is 9.76. The molecular weight excluding hydrogens is 522 g/mol. The summed E-state index contributed by atoms with van der Waals surface area (Å²) < 4.78 is 24.8. The van der Waals surface area contributed by atoms with Crippen LogP contribution in [0.5, 0.6) is 0 Å². The van der Waals surface area contributed by atoms with Crippen molar-refractivity contribution in [2.24, 2.45) is 0 Å². The zero-order chi connectivity index (χ0) is 28.7. The van der Waals surface area contributed by atoms with Crippen LogP contribution in [-0.2, 0) is 9.84 Å². The molecule has 5 aromatic rings. The molecule has 5 aromatic carbocycles. The molecule has 0 aliphatic rings. The summed E-state index contributed by atoms with van der Waals surface area (Å²) in [6.45, 7) is 4.21. The summed E-state index contributed by atoms with van der Waals surface area (Å²) in [6.07, 6.45) is 0. The number of hydrogen-bond acceptors (Lipinski definition) is 3. The van der Waals surface area contributed by atoms with Gasteiger partial charge in [-0.25, -0.2) is 8.42 Å². The maximum atomic E-state index is 12.4. The number of hydrogen-bond donors (Lipinski definition) is 0. The van der Waals surface area contributed by atoms with E-state index >= 15 is 0 Å². The Morgan fingerprint density at radius 3 is 1.54 bits per heavy atom. The fourth-order valence-electron chi connectivity index (χ4n) is 4.40. The maximum Gasteiger partial charge on any atom is 0.189 e. The Labute approximate surface area is 243 Å². The quantitative estimate of drug-likeness (QED) is 0.208. The molecule has 0 saturated carbocycles. The van der Waals surface area contributed by atoms with Gasteiger partial charge in [0.2, 0.25) is 0 Å². The highest BCUT2D eigenvalue weighted by Crippen LogP contribution is 2.35. The molecule has 0 radical (unpaired) electrons. The first kappa shape index (κ1) is 27.5. The van der Waals surface area contributed by atoms with Crippen molar-refractivity contribution >= 4 is 26.9 Å². The number of sulfone groups is 1. The number of rotatable bonds is 5. The van der Waals surface area contributed by atoms with Gasteiger partial charge < -0.3 is 4.90 Å². The van der Waals surface area contributed by atoms with E-state index in [0.717, 1.165) is 33.8 Å². The summed E-state index contributed by atoms with van der Waals surface area (Å²) in [5.74, 6) is 12.0. The molecule has 0 unspecified atom stereocenters. The van der Waals surface area contributed by atoms with Crippen molar-refractivity contribution in [3.05, 3.63) is 155 Å². The Bertz CT molecular complexity index is 1840. The molecule has 0 spiro atoms. The standard InChI is InChI=1S/C37H29NO2S/c1-29-9-6-12-35(27-29)38(36-13-7-10-30(2)28-36)34-24-22-33(23-25-34)21-20-32-18-16-31(17-19-32)11-8-26-41(39,40)37-14-4-3-5-15-37/h3-7,9-10,12-19,22-25,27-28H,26H2,1-2H3. The zero-order valence-corrected chi connectivity index (χ0v) is 23.8. The van der Waals surface area contributed by atoms with Gasteiger partial charge in [-0.05, 0) is 110 Å². The van der Waals surface area contributed by atoms with Crippen LogP contribution >= 0.6 is 0 Å². The number of nitrogens with zero attached hydrogens (tertiary/aromatic N) is 1. The molecule has 5 rings (SSSR count). The zero-order valence-electron chi connectivity index (χ0n) is 23.0. The molecule has 4 heteroatoms. The Morgan fingerprint density at radius 2 is 1.02 bits per heavy atom. The van der Waals surface area contributed by atoms with Crippen molar-refractivity contribution in [1.29, 1.82) is 0 Å². The van der Waals surface area contributed by atoms with Crippen molar-refractivity contribution in [2.45, 2.75) is 18.7 Å². The largest absolute Gasteiger partial charge is 0.310 e. The van der Waals surface area contributed by atoms with Crippen LogP contribution in [0.1, 0.15) is 27.8 Å². The molecule has 0 atom stereocenters. The summed E-state index contributed by atoms with van der Waals surface area (Å²) in [5, 5.41) is 0. The Kier molecular flexibility index (Phi) is 8.35. The summed E-state index contributed by atoms with van der Waals surface area (Å²) in [4.78, 5) is 2.54. The van der Waals surface area contributed by atoms with Crippen LogP contribution in [0.4, 0.5) is 17.1 Å². The highest BCUT2D eigenvalue weighted by Gasteiger charge is 2.13. The third-order valence-electron chi connectivity index (χ3n) is 6.48. The molecule has 0 saturated heterocycles. The summed E-state index contributed by atoms with van der Waals surface area (Å²) >= 11 is 0. The molecule has 0 amide bonds. The van der Waals surface area contributed by atoms with E-state index in [2.05, 4.69) is 103 Å². The lowest BCUT2D eigenvalue weighted by atomic mass is 10.1. The van der Waals surface area contributed by atoms with Gasteiger partial charge >= 0.3 is 0 Å². The Hall–Kier alpha value is -5.03. The fraction of sp³-hybridized carbons (Fsp3) is 0.0811. The first-order valence-corrected chi connectivity index (χ1v) is 14.9. The van der Waals surface area contributed by atoms with Crippen LogP contribution in [0, 0.1) is 37.5 Å². The van der Waals surface area contributed by atoms with Crippen molar-refractivity contribution in [2.75, 3.05) is 10.7 Å². The minimum atomic E-state index is -3.42. The lowest BCUT2D eigenvalue weighted by Crippen LogP contribution is -2.10. The molecule has 0 heterocycles.